The van der Waals surface area contributed by atoms with Crippen molar-refractivity contribution in [2.75, 3.05) is 12.3 Å². The number of fused-ring (bicyclic) bond motifs is 1. The van der Waals surface area contributed by atoms with Gasteiger partial charge in [-0.1, -0.05) is 5.16 Å². The maximum absolute atomic E-state index is 13.5. The summed E-state index contributed by atoms with van der Waals surface area (Å²) in [5, 5.41) is 48.8. The van der Waals surface area contributed by atoms with Gasteiger partial charge in [-0.3, -0.25) is 19.6 Å². The van der Waals surface area contributed by atoms with Crippen molar-refractivity contribution in [2.24, 2.45) is 10.9 Å². The Bertz CT molecular complexity index is 1900. The standard InChI is InChI=1S/C30H40N8O12S2/c1-28(2)22(25(42)38(28)50-52(45,46)47)36-24(41)21(18-13-51-27(32)35-18)37-49-29(3,26(43)44)20-7-5-14-8-15(4-6-19(14)48-20)23(31)34-16-9-30(33,10-16)11-17(40)12-39/h4,6,8,13,16-17,20,22,39-40H,5,7,9-12,33H2,1-3H3,(H2,31,34)(H2,32,35)(H,36,41)(H,43,44)(H,45,46,47)/b37-21-/t16-,17?,20-,22-,29+,30+/m1/s1. The number of oxime groups is 1. The van der Waals surface area contributed by atoms with Crippen LogP contribution < -0.4 is 26.8 Å². The van der Waals surface area contributed by atoms with Crippen molar-refractivity contribution in [1.29, 1.82) is 5.41 Å². The Hall–Kier alpha value is -4.45. The summed E-state index contributed by atoms with van der Waals surface area (Å²) in [6.07, 6.45) is -0.269. The second-order valence-electron chi connectivity index (χ2n) is 13.7. The number of aromatic nitrogens is 1. The molecule has 1 saturated carbocycles. The summed E-state index contributed by atoms with van der Waals surface area (Å²) in [6, 6.07) is 3.55. The van der Waals surface area contributed by atoms with E-state index in [0.29, 0.717) is 41.2 Å². The number of anilines is 1. The van der Waals surface area contributed by atoms with Gasteiger partial charge in [0.2, 0.25) is 0 Å². The van der Waals surface area contributed by atoms with Crippen LogP contribution in [-0.2, 0) is 40.3 Å². The molecule has 20 nitrogen and oxygen atoms in total. The normalized spacial score (nSPS) is 25.7. The molecule has 0 spiro atoms. The Labute approximate surface area is 301 Å². The number of hydrogen-bond acceptors (Lipinski definition) is 16. The van der Waals surface area contributed by atoms with Crippen LogP contribution in [0.4, 0.5) is 5.13 Å². The average molecular weight is 769 g/mol. The first kappa shape index (κ1) is 38.8. The number of β-lactam (4-membered cyclic amide) rings is 1. The Balaban J connectivity index is 1.28. The first-order valence-electron chi connectivity index (χ1n) is 15.9. The number of nitrogens with two attached hydrogens (primary N) is 2. The van der Waals surface area contributed by atoms with E-state index in [0.717, 1.165) is 11.3 Å². The van der Waals surface area contributed by atoms with E-state index in [-0.39, 0.29) is 42.2 Å². The van der Waals surface area contributed by atoms with Gasteiger partial charge in [-0.25, -0.2) is 9.78 Å². The highest BCUT2D eigenvalue weighted by molar-refractivity contribution is 7.80. The van der Waals surface area contributed by atoms with Gasteiger partial charge in [0.25, 0.3) is 17.4 Å². The number of aliphatic hydroxyl groups is 2. The number of rotatable bonds is 14. The lowest BCUT2D eigenvalue weighted by Crippen LogP contribution is -2.76. The predicted molar refractivity (Wildman–Crippen MR) is 182 cm³/mol. The number of aliphatic hydroxyl groups excluding tert-OH is 2. The molecular formula is C30H40N8O12S2. The molecule has 52 heavy (non-hydrogen) atoms. The fourth-order valence-corrected chi connectivity index (χ4v) is 7.34. The number of nitrogens with zero attached hydrogens (tertiary/aromatic N) is 3. The molecule has 3 heterocycles. The quantitative estimate of drug-likeness (QED) is 0.0367. The molecule has 4 atom stereocenters. The second-order valence-corrected chi connectivity index (χ2v) is 15.6. The van der Waals surface area contributed by atoms with Crippen molar-refractivity contribution in [2.45, 2.75) is 93.8 Å². The Morgan fingerprint density at radius 3 is 2.58 bits per heavy atom. The molecule has 5 rings (SSSR count). The molecule has 3 aliphatic rings. The van der Waals surface area contributed by atoms with Crippen molar-refractivity contribution in [3.8, 4) is 5.75 Å². The monoisotopic (exact) mass is 768 g/mol. The van der Waals surface area contributed by atoms with Crippen LogP contribution >= 0.6 is 11.3 Å². The zero-order valence-electron chi connectivity index (χ0n) is 28.2. The fraction of sp³-hybridized carbons (Fsp3) is 0.533. The Kier molecular flexibility index (Phi) is 10.6. The molecule has 11 N–H and O–H groups in total. The third kappa shape index (κ3) is 7.96. The average Bonchev–Trinajstić information content (AvgIpc) is 3.49. The van der Waals surface area contributed by atoms with Gasteiger partial charge < -0.3 is 47.0 Å². The number of amides is 2. The number of carboxylic acid groups (broad SMARTS) is 1. The van der Waals surface area contributed by atoms with Gasteiger partial charge in [0.05, 0.1) is 18.2 Å². The van der Waals surface area contributed by atoms with Gasteiger partial charge in [-0.05, 0) is 76.6 Å². The number of nitrogens with one attached hydrogen (secondary N) is 3. The molecule has 1 aromatic carbocycles. The van der Waals surface area contributed by atoms with Gasteiger partial charge in [-0.2, -0.15) is 13.5 Å². The molecule has 1 aliphatic carbocycles. The van der Waals surface area contributed by atoms with E-state index < -0.39 is 68.8 Å². The number of carbonyl (C=O) groups is 3. The molecule has 1 saturated heterocycles. The van der Waals surface area contributed by atoms with E-state index in [4.69, 9.17) is 36.1 Å². The zero-order valence-corrected chi connectivity index (χ0v) is 29.9. The summed E-state index contributed by atoms with van der Waals surface area (Å²) in [6.45, 7) is 3.55. The first-order valence-corrected chi connectivity index (χ1v) is 18.2. The summed E-state index contributed by atoms with van der Waals surface area (Å²) in [5.74, 6) is -3.03. The van der Waals surface area contributed by atoms with E-state index in [1.165, 1.54) is 26.2 Å². The number of amidine groups is 1. The minimum Gasteiger partial charge on any atom is -0.485 e. The number of aliphatic carboxylic acids is 1. The number of aryl methyl sites for hydroxylation is 1. The zero-order chi connectivity index (χ0) is 38.4. The van der Waals surface area contributed by atoms with E-state index in [1.807, 2.05) is 0 Å². The molecule has 1 unspecified atom stereocenters. The highest BCUT2D eigenvalue weighted by Crippen LogP contribution is 2.37. The number of benzene rings is 1. The lowest BCUT2D eigenvalue weighted by Gasteiger charge is -2.50. The predicted octanol–water partition coefficient (Wildman–Crippen LogP) is -0.959. The summed E-state index contributed by atoms with van der Waals surface area (Å²) < 4.78 is 41.7. The van der Waals surface area contributed by atoms with Gasteiger partial charge in [0.1, 0.15) is 23.3 Å². The molecule has 2 fully saturated rings. The topological polar surface area (TPSA) is 322 Å². The number of hydrogen-bond donors (Lipinski definition) is 9. The summed E-state index contributed by atoms with van der Waals surface area (Å²) in [7, 11) is -5.05. The molecule has 1 aromatic heterocycles. The lowest BCUT2D eigenvalue weighted by molar-refractivity contribution is -0.218. The highest BCUT2D eigenvalue weighted by Gasteiger charge is 2.58. The van der Waals surface area contributed by atoms with Crippen LogP contribution in [0.2, 0.25) is 0 Å². The molecule has 22 heteroatoms. The number of carboxylic acids is 1. The van der Waals surface area contributed by atoms with Gasteiger partial charge in [0.15, 0.2) is 16.9 Å². The van der Waals surface area contributed by atoms with Crippen molar-refractivity contribution in [1.82, 2.24) is 20.7 Å². The largest absolute Gasteiger partial charge is 0.485 e. The van der Waals surface area contributed by atoms with Crippen molar-refractivity contribution in [3.05, 3.63) is 40.4 Å². The molecule has 2 amide bonds. The highest BCUT2D eigenvalue weighted by atomic mass is 32.3. The lowest BCUT2D eigenvalue weighted by atomic mass is 9.70. The van der Waals surface area contributed by atoms with Crippen molar-refractivity contribution < 1.29 is 56.5 Å². The maximum Gasteiger partial charge on any atom is 0.418 e. The molecule has 2 aromatic rings. The molecular weight excluding hydrogens is 729 g/mol. The van der Waals surface area contributed by atoms with Crippen molar-refractivity contribution in [3.63, 3.8) is 0 Å². The van der Waals surface area contributed by atoms with Crippen LogP contribution in [0.25, 0.3) is 0 Å². The SMILES string of the molecule is CC1(C)[C@H](NC(=O)/C(=N\O[C@](C)(C(=O)O)[C@H]2CCc3cc(C(=N)N[C@H]4C[C@](N)(CC(O)CO)C4)ccc3O2)c2csc(N)n2)C(=O)N1OS(=O)(=O)O. The summed E-state index contributed by atoms with van der Waals surface area (Å²) in [4.78, 5) is 48.4. The number of carbonyl (C=O) groups excluding carboxylic acids is 2. The summed E-state index contributed by atoms with van der Waals surface area (Å²) in [5.41, 5.74) is 8.39. The molecule has 0 bridgehead atoms. The number of hydroxylamine groups is 2. The molecule has 2 aliphatic heterocycles. The second kappa shape index (κ2) is 14.2. The number of ether oxygens (including phenoxy) is 1. The van der Waals surface area contributed by atoms with Crippen LogP contribution in [0, 0.1) is 5.41 Å². The Morgan fingerprint density at radius 2 is 2.00 bits per heavy atom. The molecule has 0 radical (unpaired) electrons. The van der Waals surface area contributed by atoms with Gasteiger partial charge in [0, 0.05) is 22.5 Å². The van der Waals surface area contributed by atoms with Gasteiger partial charge in [-0.15, -0.1) is 15.6 Å². The summed E-state index contributed by atoms with van der Waals surface area (Å²) >= 11 is 0.946. The first-order chi connectivity index (χ1) is 24.2. The number of nitrogen functional groups attached to an aromatic ring is 1. The number of thiazole rings is 1. The van der Waals surface area contributed by atoms with E-state index >= 15 is 0 Å². The fourth-order valence-electron chi connectivity index (χ4n) is 6.34. The smallest absolute Gasteiger partial charge is 0.418 e. The third-order valence-corrected chi connectivity index (χ3v) is 10.3. The molecule has 284 valence electrons. The van der Waals surface area contributed by atoms with Crippen LogP contribution in [0.5, 0.6) is 5.75 Å². The maximum atomic E-state index is 13.5. The Morgan fingerprint density at radius 1 is 1.31 bits per heavy atom. The minimum atomic E-state index is -5.05. The van der Waals surface area contributed by atoms with Crippen molar-refractivity contribution >= 4 is 56.2 Å². The van der Waals surface area contributed by atoms with E-state index in [1.54, 1.807) is 18.2 Å². The van der Waals surface area contributed by atoms with Crippen LogP contribution in [0.15, 0.2) is 28.7 Å². The van der Waals surface area contributed by atoms with Crippen LogP contribution in [0.3, 0.4) is 0 Å². The van der Waals surface area contributed by atoms with Crippen LogP contribution in [0.1, 0.15) is 63.3 Å². The van der Waals surface area contributed by atoms with Crippen LogP contribution in [-0.4, -0.2) is 115 Å². The third-order valence-electron chi connectivity index (χ3n) is 9.27. The van der Waals surface area contributed by atoms with E-state index in [2.05, 4.69) is 25.1 Å². The van der Waals surface area contributed by atoms with E-state index in [9.17, 15) is 33.0 Å². The van der Waals surface area contributed by atoms with Gasteiger partial charge >= 0.3 is 16.4 Å². The minimum absolute atomic E-state index is 0.0391.